The Morgan fingerprint density at radius 1 is 0.699 bits per heavy atom. The molecule has 0 bridgehead atoms. The van der Waals surface area contributed by atoms with Crippen LogP contribution in [0.4, 0.5) is 14.4 Å². The highest BCUT2D eigenvalue weighted by Crippen LogP contribution is 2.45. The smallest absolute Gasteiger partial charge is 0.417 e. The number of sulfonamides is 1. The van der Waals surface area contributed by atoms with Crippen molar-refractivity contribution >= 4 is 40.2 Å². The normalized spacial score (nSPS) is 17.1. The van der Waals surface area contributed by atoms with E-state index in [4.69, 9.17) is 23.7 Å². The topological polar surface area (TPSA) is 179 Å². The summed E-state index contributed by atoms with van der Waals surface area (Å²) in [7, 11) is -4.77. The monoisotopic (exact) mass is 1010 g/mol. The van der Waals surface area contributed by atoms with Crippen molar-refractivity contribution in [2.24, 2.45) is 4.40 Å². The Morgan fingerprint density at radius 3 is 1.77 bits per heavy atom. The van der Waals surface area contributed by atoms with Gasteiger partial charge in [-0.2, -0.15) is 8.42 Å². The minimum atomic E-state index is -4.77. The number of cyclic esters (lactones) is 1. The molecule has 16 heteroatoms. The van der Waals surface area contributed by atoms with Gasteiger partial charge in [-0.05, 0) is 92.0 Å². The number of morpholine rings is 1. The van der Waals surface area contributed by atoms with Crippen LogP contribution in [0.5, 0.6) is 5.75 Å². The van der Waals surface area contributed by atoms with Crippen LogP contribution in [0.25, 0.3) is 0 Å². The first kappa shape index (κ1) is 51.4. The molecule has 15 nitrogen and oxygen atoms in total. The standard InChI is InChI=1S/C57H58N4O11S/c1-38-39(2)51(40(3)46-34-57(4,5)72-49(38)46)73(66,67)59-53(58-54(63)68-35-41-22-11-6-12-23-41)60(55(64)69-36-42-24-13-7-14-25-42)33-21-32-47-52(62)71-50(45-30-19-10-20-31-45)48(44-28-17-9-18-29-44)61(47)56(65)70-37-43-26-15-8-16-27-43/h6-20,22-31,47-48,50H,21,32-37H2,1-5H3,(H,58,59,63)/t47-,48-,50+/m0/s1/i47+1. The third-order valence-corrected chi connectivity index (χ3v) is 14.4. The number of hydrogen-bond acceptors (Lipinski definition) is 11. The molecule has 3 amide bonds. The van der Waals surface area contributed by atoms with Crippen LogP contribution < -0.4 is 10.1 Å². The first-order valence-electron chi connectivity index (χ1n) is 24.0. The lowest BCUT2D eigenvalue weighted by Gasteiger charge is -2.44. The van der Waals surface area contributed by atoms with Crippen molar-refractivity contribution in [1.29, 1.82) is 0 Å². The zero-order valence-corrected chi connectivity index (χ0v) is 42.2. The Labute approximate surface area is 425 Å². The molecule has 8 rings (SSSR count). The average molecular weight is 1010 g/mol. The van der Waals surface area contributed by atoms with E-state index in [1.807, 2.05) is 105 Å². The predicted molar refractivity (Wildman–Crippen MR) is 273 cm³/mol. The molecule has 378 valence electrons. The summed E-state index contributed by atoms with van der Waals surface area (Å²) in [6, 6.07) is 42.9. The fourth-order valence-electron chi connectivity index (χ4n) is 9.20. The molecule has 3 atom stereocenters. The summed E-state index contributed by atoms with van der Waals surface area (Å²) in [6.45, 7) is 8.01. The maximum absolute atomic E-state index is 14.9. The number of guanidine groups is 1. The van der Waals surface area contributed by atoms with Gasteiger partial charge in [-0.25, -0.2) is 24.1 Å². The predicted octanol–water partition coefficient (Wildman–Crippen LogP) is 10.8. The van der Waals surface area contributed by atoms with E-state index in [0.29, 0.717) is 56.7 Å². The van der Waals surface area contributed by atoms with E-state index >= 15 is 0 Å². The molecule has 6 aromatic rings. The fourth-order valence-corrected chi connectivity index (χ4v) is 10.7. The summed E-state index contributed by atoms with van der Waals surface area (Å²) in [5.41, 5.74) is 4.78. The number of fused-ring (bicyclic) bond motifs is 1. The molecule has 0 radical (unpaired) electrons. The molecular weight excluding hydrogens is 950 g/mol. The van der Waals surface area contributed by atoms with Crippen molar-refractivity contribution in [3.63, 3.8) is 0 Å². The van der Waals surface area contributed by atoms with E-state index in [2.05, 4.69) is 9.71 Å². The Hall–Kier alpha value is -7.98. The molecule has 2 aliphatic rings. The average Bonchev–Trinajstić information content (AvgIpc) is 3.74. The van der Waals surface area contributed by atoms with Crippen LogP contribution in [0, 0.1) is 20.8 Å². The highest BCUT2D eigenvalue weighted by atomic mass is 32.2. The number of esters is 1. The largest absolute Gasteiger partial charge is 0.487 e. The number of hydrogen-bond donors (Lipinski definition) is 1. The summed E-state index contributed by atoms with van der Waals surface area (Å²) in [6.07, 6.45) is -3.73. The summed E-state index contributed by atoms with van der Waals surface area (Å²) in [4.78, 5) is 59.6. The van der Waals surface area contributed by atoms with E-state index in [-0.39, 0.29) is 44.1 Å². The van der Waals surface area contributed by atoms with E-state index < -0.39 is 64.0 Å². The highest BCUT2D eigenvalue weighted by Gasteiger charge is 2.48. The Bertz CT molecular complexity index is 3070. The van der Waals surface area contributed by atoms with Gasteiger partial charge in [0.15, 0.2) is 6.10 Å². The van der Waals surface area contributed by atoms with Crippen molar-refractivity contribution in [1.82, 2.24) is 15.1 Å². The molecule has 2 heterocycles. The molecule has 1 saturated heterocycles. The summed E-state index contributed by atoms with van der Waals surface area (Å²) in [5, 5.41) is 2.45. The molecule has 2 aliphatic heterocycles. The summed E-state index contributed by atoms with van der Waals surface area (Å²) >= 11 is 0. The van der Waals surface area contributed by atoms with Gasteiger partial charge in [0.05, 0.1) is 4.90 Å². The molecule has 6 aromatic carbocycles. The van der Waals surface area contributed by atoms with Gasteiger partial charge >= 0.3 is 24.2 Å². The van der Waals surface area contributed by atoms with Crippen LogP contribution in [0.3, 0.4) is 0 Å². The number of nitrogens with one attached hydrogen (secondary N) is 1. The first-order valence-corrected chi connectivity index (χ1v) is 25.5. The second kappa shape index (κ2) is 22.6. The van der Waals surface area contributed by atoms with Crippen molar-refractivity contribution in [3.05, 3.63) is 202 Å². The molecule has 73 heavy (non-hydrogen) atoms. The lowest BCUT2D eigenvalue weighted by molar-refractivity contribution is -0.173. The number of ether oxygens (including phenoxy) is 5. The van der Waals surface area contributed by atoms with Crippen molar-refractivity contribution in [2.45, 2.75) is 102 Å². The van der Waals surface area contributed by atoms with Crippen LogP contribution in [-0.4, -0.2) is 66.6 Å². The van der Waals surface area contributed by atoms with E-state index in [9.17, 15) is 27.6 Å². The summed E-state index contributed by atoms with van der Waals surface area (Å²) in [5.74, 6) is -0.859. The number of alkyl carbamates (subject to hydrolysis) is 1. The lowest BCUT2D eigenvalue weighted by Crippen LogP contribution is -2.54. The van der Waals surface area contributed by atoms with Gasteiger partial charge in [-0.15, -0.1) is 4.40 Å². The second-order valence-corrected chi connectivity index (χ2v) is 20.1. The number of amides is 3. The molecule has 1 N–H and O–H groups in total. The first-order chi connectivity index (χ1) is 35.1. The zero-order valence-electron chi connectivity index (χ0n) is 41.4. The molecule has 0 aromatic heterocycles. The van der Waals surface area contributed by atoms with Gasteiger partial charge in [0.1, 0.15) is 43.3 Å². The number of rotatable bonds is 14. The quantitative estimate of drug-likeness (QED) is 0.0361. The molecule has 0 saturated carbocycles. The minimum Gasteiger partial charge on any atom is -0.487 e. The SMILES string of the molecule is Cc1c(C)c(S(=O)(=O)/N=C(\NC(=O)OCc2ccccc2)N(CCC[13C@H]2C(=O)O[C@H](c3ccccc3)[C@H](c3ccccc3)N2C(=O)OCc2ccccc2)C(=O)OCc2ccccc2)c(C)c2c1OC(C)(C)C2. The maximum atomic E-state index is 14.9. The third-order valence-electron chi connectivity index (χ3n) is 12.8. The molecule has 0 unspecified atom stereocenters. The number of carbonyl (C=O) groups excluding carboxylic acids is 4. The van der Waals surface area contributed by atoms with Crippen molar-refractivity contribution < 1.29 is 51.3 Å². The van der Waals surface area contributed by atoms with Gasteiger partial charge < -0.3 is 23.7 Å². The molecule has 0 aliphatic carbocycles. The molecule has 1 fully saturated rings. The maximum Gasteiger partial charge on any atom is 0.417 e. The fraction of sp³-hybridized carbons (Fsp3) is 0.281. The van der Waals surface area contributed by atoms with Gasteiger partial charge in [0.2, 0.25) is 5.96 Å². The highest BCUT2D eigenvalue weighted by molar-refractivity contribution is 7.90. The Kier molecular flexibility index (Phi) is 15.9. The van der Waals surface area contributed by atoms with E-state index in [1.54, 1.807) is 81.4 Å². The van der Waals surface area contributed by atoms with Crippen LogP contribution in [0.2, 0.25) is 0 Å². The van der Waals surface area contributed by atoms with Crippen LogP contribution in [0.15, 0.2) is 161 Å². The van der Waals surface area contributed by atoms with Gasteiger partial charge in [-0.3, -0.25) is 10.2 Å². The number of nitrogens with zero attached hydrogens (tertiary/aromatic N) is 3. The minimum absolute atomic E-state index is 0.0930. The van der Waals surface area contributed by atoms with Gasteiger partial charge in [0, 0.05) is 18.5 Å². The molecular formula is C57H58N4O11S. The Morgan fingerprint density at radius 2 is 1.21 bits per heavy atom. The second-order valence-electron chi connectivity index (χ2n) is 18.5. The van der Waals surface area contributed by atoms with Crippen LogP contribution in [-0.2, 0) is 60.0 Å². The number of benzene rings is 6. The van der Waals surface area contributed by atoms with Crippen molar-refractivity contribution in [2.75, 3.05) is 6.54 Å². The summed E-state index contributed by atoms with van der Waals surface area (Å²) < 4.78 is 63.9. The zero-order chi connectivity index (χ0) is 51.7. The third kappa shape index (κ3) is 12.2. The van der Waals surface area contributed by atoms with Gasteiger partial charge in [-0.1, -0.05) is 152 Å². The van der Waals surface area contributed by atoms with E-state index in [1.165, 1.54) is 4.90 Å². The lowest BCUT2D eigenvalue weighted by atomic mass is 9.93. The Balaban J connectivity index is 1.17. The van der Waals surface area contributed by atoms with Crippen LogP contribution >= 0.6 is 0 Å². The van der Waals surface area contributed by atoms with E-state index in [0.717, 1.165) is 10.5 Å². The molecule has 0 spiro atoms. The number of carbonyl (C=O) groups is 4. The van der Waals surface area contributed by atoms with Crippen molar-refractivity contribution in [3.8, 4) is 5.75 Å². The van der Waals surface area contributed by atoms with Gasteiger partial charge in [0.25, 0.3) is 10.0 Å². The van der Waals surface area contributed by atoms with Crippen LogP contribution in [0.1, 0.15) is 88.9 Å².